The lowest BCUT2D eigenvalue weighted by molar-refractivity contribution is -0.157. The van der Waals surface area contributed by atoms with E-state index in [2.05, 4.69) is 25.0 Å². The molecule has 2 aliphatic heterocycles. The van der Waals surface area contributed by atoms with Crippen molar-refractivity contribution in [2.45, 2.75) is 69.9 Å². The third kappa shape index (κ3) is 3.28. The van der Waals surface area contributed by atoms with E-state index in [1.807, 2.05) is 11.8 Å². The number of hydrogen-bond donors (Lipinski definition) is 0. The molecule has 174 valence electrons. The Bertz CT molecular complexity index is 845. The zero-order chi connectivity index (χ0) is 21.8. The lowest BCUT2D eigenvalue weighted by atomic mass is 9.50. The monoisotopic (exact) mass is 456 g/mol. The summed E-state index contributed by atoms with van der Waals surface area (Å²) in [6.07, 6.45) is 18.4. The average Bonchev–Trinajstić information content (AvgIpc) is 3.13. The van der Waals surface area contributed by atoms with Crippen molar-refractivity contribution in [2.75, 3.05) is 37.9 Å². The Labute approximate surface area is 196 Å². The van der Waals surface area contributed by atoms with Gasteiger partial charge in [-0.2, -0.15) is 0 Å². The van der Waals surface area contributed by atoms with Gasteiger partial charge in [0.1, 0.15) is 6.10 Å². The number of rotatable bonds is 4. The molecule has 2 saturated heterocycles. The minimum atomic E-state index is 0.114. The van der Waals surface area contributed by atoms with Crippen molar-refractivity contribution in [3.63, 3.8) is 0 Å². The molecule has 0 amide bonds. The van der Waals surface area contributed by atoms with Crippen LogP contribution in [0.1, 0.15) is 45.4 Å². The molecule has 0 aromatic rings. The van der Waals surface area contributed by atoms with Crippen LogP contribution in [0, 0.1) is 35.0 Å². The summed E-state index contributed by atoms with van der Waals surface area (Å²) >= 11 is 1.90. The fourth-order valence-electron chi connectivity index (χ4n) is 8.07. The minimum absolute atomic E-state index is 0.114. The lowest BCUT2D eigenvalue weighted by Crippen LogP contribution is -2.52. The van der Waals surface area contributed by atoms with Crippen molar-refractivity contribution in [2.24, 2.45) is 22.7 Å². The summed E-state index contributed by atoms with van der Waals surface area (Å²) < 4.78 is 24.9. The molecule has 0 aromatic heterocycles. The van der Waals surface area contributed by atoms with Crippen LogP contribution in [0.25, 0.3) is 0 Å². The van der Waals surface area contributed by atoms with E-state index in [1.54, 1.807) is 11.1 Å². The molecule has 2 saturated carbocycles. The molecule has 2 heterocycles. The van der Waals surface area contributed by atoms with Crippen LogP contribution < -0.4 is 0 Å². The summed E-state index contributed by atoms with van der Waals surface area (Å²) in [6.45, 7) is 5.39. The van der Waals surface area contributed by atoms with Gasteiger partial charge in [0.2, 0.25) is 0 Å². The van der Waals surface area contributed by atoms with Crippen LogP contribution in [0.2, 0.25) is 0 Å². The molecule has 0 bridgehead atoms. The predicted molar refractivity (Wildman–Crippen MR) is 127 cm³/mol. The largest absolute Gasteiger partial charge is 0.373 e. The highest BCUT2D eigenvalue weighted by Gasteiger charge is 2.61. The predicted octanol–water partition coefficient (Wildman–Crippen LogP) is 4.39. The summed E-state index contributed by atoms with van der Waals surface area (Å²) in [4.78, 5) is 0. The van der Waals surface area contributed by atoms with E-state index in [0.717, 1.165) is 50.4 Å². The second kappa shape index (κ2) is 8.47. The molecule has 4 aliphatic carbocycles. The average molecular weight is 457 g/mol. The molecule has 32 heavy (non-hydrogen) atoms. The van der Waals surface area contributed by atoms with E-state index in [1.165, 1.54) is 12.8 Å². The number of ether oxygens (including phenoxy) is 4. The quantitative estimate of drug-likeness (QED) is 0.356. The fourth-order valence-corrected chi connectivity index (χ4v) is 8.83. The SMILES string of the molecule is C#CCSCC[C@]12CC3OCCOC3C=C1CC[C@@H]1C2=CC[C@]2(C)C3OCCOC3C[C@@H]12. The van der Waals surface area contributed by atoms with Gasteiger partial charge < -0.3 is 18.9 Å². The molecular formula is C27H36O4S. The van der Waals surface area contributed by atoms with Gasteiger partial charge in [-0.15, -0.1) is 18.2 Å². The number of hydrogen-bond acceptors (Lipinski definition) is 5. The number of fused-ring (bicyclic) bond motifs is 8. The first-order chi connectivity index (χ1) is 15.7. The first kappa shape index (κ1) is 21.7. The van der Waals surface area contributed by atoms with Gasteiger partial charge in [0.15, 0.2) is 0 Å². The van der Waals surface area contributed by atoms with Gasteiger partial charge in [0, 0.05) is 10.8 Å². The number of terminal acetylenes is 1. The van der Waals surface area contributed by atoms with Crippen LogP contribution in [0.5, 0.6) is 0 Å². The maximum Gasteiger partial charge on any atom is 0.102 e. The Morgan fingerprint density at radius 2 is 1.94 bits per heavy atom. The van der Waals surface area contributed by atoms with E-state index in [-0.39, 0.29) is 35.2 Å². The molecular weight excluding hydrogens is 420 g/mol. The van der Waals surface area contributed by atoms with Crippen molar-refractivity contribution in [3.05, 3.63) is 23.3 Å². The van der Waals surface area contributed by atoms with Gasteiger partial charge in [-0.05, 0) is 56.1 Å². The molecule has 4 unspecified atom stereocenters. The van der Waals surface area contributed by atoms with Crippen LogP contribution in [0.3, 0.4) is 0 Å². The fraction of sp³-hybridized carbons (Fsp3) is 0.778. The van der Waals surface area contributed by atoms with Gasteiger partial charge in [-0.3, -0.25) is 0 Å². The van der Waals surface area contributed by atoms with E-state index in [0.29, 0.717) is 25.0 Å². The summed E-state index contributed by atoms with van der Waals surface area (Å²) in [6, 6.07) is 0. The van der Waals surface area contributed by atoms with Gasteiger partial charge >= 0.3 is 0 Å². The van der Waals surface area contributed by atoms with Crippen LogP contribution in [-0.2, 0) is 18.9 Å². The first-order valence-electron chi connectivity index (χ1n) is 12.5. The second-order valence-electron chi connectivity index (χ2n) is 10.8. The summed E-state index contributed by atoms with van der Waals surface area (Å²) in [5, 5.41) is 0. The van der Waals surface area contributed by atoms with Gasteiger partial charge in [0.25, 0.3) is 0 Å². The highest BCUT2D eigenvalue weighted by molar-refractivity contribution is 7.99. The molecule has 5 heteroatoms. The maximum absolute atomic E-state index is 6.32. The molecule has 4 nitrogen and oxygen atoms in total. The zero-order valence-corrected chi connectivity index (χ0v) is 20.0. The molecule has 0 aromatic carbocycles. The molecule has 6 aliphatic rings. The molecule has 0 spiro atoms. The van der Waals surface area contributed by atoms with E-state index >= 15 is 0 Å². The Morgan fingerprint density at radius 1 is 1.12 bits per heavy atom. The standard InChI is InChI=1S/C27H36O4S/c1-3-13-32-14-8-27-17-24-22(28-9-10-30-24)15-18(27)4-5-19-20(27)6-7-26(2)21(19)16-23-25(26)31-12-11-29-23/h1,6,15,19,21-25H,4-5,7-14,16-17H2,2H3/t19-,21+,22?,23?,24?,25?,26+,27+/m1/s1. The highest BCUT2D eigenvalue weighted by Crippen LogP contribution is 2.65. The van der Waals surface area contributed by atoms with Crippen LogP contribution in [-0.4, -0.2) is 62.3 Å². The Balaban J connectivity index is 1.36. The molecule has 4 fully saturated rings. The van der Waals surface area contributed by atoms with Crippen LogP contribution in [0.15, 0.2) is 23.3 Å². The second-order valence-corrected chi connectivity index (χ2v) is 11.9. The number of thioether (sulfide) groups is 1. The van der Waals surface area contributed by atoms with E-state index in [4.69, 9.17) is 25.4 Å². The normalized spacial score (nSPS) is 47.0. The minimum Gasteiger partial charge on any atom is -0.373 e. The smallest absolute Gasteiger partial charge is 0.102 e. The molecule has 6 rings (SSSR count). The molecule has 8 atom stereocenters. The van der Waals surface area contributed by atoms with E-state index in [9.17, 15) is 0 Å². The van der Waals surface area contributed by atoms with Gasteiger partial charge in [-0.25, -0.2) is 0 Å². The Hall–Kier alpha value is -0.770. The van der Waals surface area contributed by atoms with Crippen molar-refractivity contribution < 1.29 is 18.9 Å². The highest BCUT2D eigenvalue weighted by atomic mass is 32.2. The van der Waals surface area contributed by atoms with E-state index < -0.39 is 0 Å². The molecule has 0 radical (unpaired) electrons. The summed E-state index contributed by atoms with van der Waals surface area (Å²) in [5.41, 5.74) is 3.62. The maximum atomic E-state index is 6.32. The van der Waals surface area contributed by atoms with Crippen LogP contribution >= 0.6 is 11.8 Å². The van der Waals surface area contributed by atoms with Crippen molar-refractivity contribution in [1.82, 2.24) is 0 Å². The topological polar surface area (TPSA) is 36.9 Å². The third-order valence-corrected chi connectivity index (χ3v) is 10.3. The lowest BCUT2D eigenvalue weighted by Gasteiger charge is -2.56. The summed E-state index contributed by atoms with van der Waals surface area (Å²) in [5.74, 6) is 5.97. The van der Waals surface area contributed by atoms with Gasteiger partial charge in [-0.1, -0.05) is 36.1 Å². The Kier molecular flexibility index (Phi) is 5.75. The first-order valence-corrected chi connectivity index (χ1v) is 13.7. The Morgan fingerprint density at radius 3 is 2.81 bits per heavy atom. The third-order valence-electron chi connectivity index (χ3n) is 9.44. The van der Waals surface area contributed by atoms with Crippen LogP contribution in [0.4, 0.5) is 0 Å². The molecule has 0 N–H and O–H groups in total. The summed E-state index contributed by atoms with van der Waals surface area (Å²) in [7, 11) is 0. The van der Waals surface area contributed by atoms with Crippen molar-refractivity contribution in [3.8, 4) is 12.3 Å². The zero-order valence-electron chi connectivity index (χ0n) is 19.2. The van der Waals surface area contributed by atoms with Crippen molar-refractivity contribution in [1.29, 1.82) is 0 Å². The van der Waals surface area contributed by atoms with Crippen molar-refractivity contribution >= 4 is 11.8 Å². The van der Waals surface area contributed by atoms with Gasteiger partial charge in [0.05, 0.1) is 50.5 Å². The number of allylic oxidation sites excluding steroid dienone is 3.